The van der Waals surface area contributed by atoms with Gasteiger partial charge in [-0.05, 0) is 50.6 Å². The van der Waals surface area contributed by atoms with Gasteiger partial charge < -0.3 is 10.1 Å². The number of alkyl halides is 3. The highest BCUT2D eigenvalue weighted by Crippen LogP contribution is 2.33. The fraction of sp³-hybridized carbons (Fsp3) is 0.647. The first-order chi connectivity index (χ1) is 11.4. The average Bonchev–Trinajstić information content (AvgIpc) is 2.55. The summed E-state index contributed by atoms with van der Waals surface area (Å²) in [6, 6.07) is 3.12. The smallest absolute Gasteiger partial charge is 0.380 e. The van der Waals surface area contributed by atoms with Crippen LogP contribution >= 0.6 is 0 Å². The minimum atomic E-state index is -4.56. The fourth-order valence-electron chi connectivity index (χ4n) is 3.06. The highest BCUT2D eigenvalue weighted by Gasteiger charge is 2.34. The van der Waals surface area contributed by atoms with Crippen molar-refractivity contribution in [1.82, 2.24) is 10.2 Å². The van der Waals surface area contributed by atoms with Gasteiger partial charge in [-0.25, -0.2) is 4.39 Å². The van der Waals surface area contributed by atoms with Gasteiger partial charge in [-0.3, -0.25) is 4.90 Å². The number of nitrogens with zero attached hydrogens (tertiary/aromatic N) is 1. The number of piperidine rings is 1. The molecule has 0 aromatic heterocycles. The lowest BCUT2D eigenvalue weighted by molar-refractivity contribution is -0.138. The zero-order chi connectivity index (χ0) is 17.6. The lowest BCUT2D eigenvalue weighted by atomic mass is 10.0. The second-order valence-corrected chi connectivity index (χ2v) is 5.95. The van der Waals surface area contributed by atoms with E-state index in [1.807, 2.05) is 11.8 Å². The molecule has 1 aliphatic rings. The van der Waals surface area contributed by atoms with Crippen molar-refractivity contribution in [3.05, 3.63) is 35.1 Å². The molecule has 0 radical (unpaired) electrons. The predicted molar refractivity (Wildman–Crippen MR) is 84.2 cm³/mol. The number of nitrogens with one attached hydrogen (secondary N) is 1. The van der Waals surface area contributed by atoms with E-state index in [4.69, 9.17) is 4.74 Å². The zero-order valence-electron chi connectivity index (χ0n) is 13.8. The summed E-state index contributed by atoms with van der Waals surface area (Å²) in [5.74, 6) is -0.867. The topological polar surface area (TPSA) is 24.5 Å². The maximum Gasteiger partial charge on any atom is 0.416 e. The van der Waals surface area contributed by atoms with Crippen LogP contribution in [-0.4, -0.2) is 43.8 Å². The molecule has 136 valence electrons. The Bertz CT molecular complexity index is 516. The molecule has 0 saturated carbocycles. The number of benzene rings is 1. The van der Waals surface area contributed by atoms with Gasteiger partial charge in [0.15, 0.2) is 0 Å². The van der Waals surface area contributed by atoms with Crippen LogP contribution in [0, 0.1) is 5.82 Å². The van der Waals surface area contributed by atoms with E-state index in [0.29, 0.717) is 25.8 Å². The van der Waals surface area contributed by atoms with Crippen molar-refractivity contribution >= 4 is 0 Å². The number of halogens is 4. The molecule has 2 rings (SSSR count). The van der Waals surface area contributed by atoms with Gasteiger partial charge in [-0.15, -0.1) is 0 Å². The highest BCUT2D eigenvalue weighted by molar-refractivity contribution is 5.30. The molecule has 3 nitrogen and oxygen atoms in total. The van der Waals surface area contributed by atoms with E-state index in [0.717, 1.165) is 32.0 Å². The van der Waals surface area contributed by atoms with Crippen molar-refractivity contribution in [3.8, 4) is 0 Å². The number of rotatable bonds is 7. The Hall–Kier alpha value is -1.18. The third kappa shape index (κ3) is 5.43. The Morgan fingerprint density at radius 2 is 1.96 bits per heavy atom. The molecule has 1 aromatic carbocycles. The molecule has 1 aromatic rings. The van der Waals surface area contributed by atoms with Crippen LogP contribution in [0.5, 0.6) is 0 Å². The molecule has 0 bridgehead atoms. The minimum absolute atomic E-state index is 0.110. The Labute approximate surface area is 140 Å². The van der Waals surface area contributed by atoms with Crippen molar-refractivity contribution in [1.29, 1.82) is 0 Å². The summed E-state index contributed by atoms with van der Waals surface area (Å²) < 4.78 is 58.3. The van der Waals surface area contributed by atoms with Gasteiger partial charge in [0, 0.05) is 25.7 Å². The van der Waals surface area contributed by atoms with Gasteiger partial charge in [0.05, 0.1) is 12.2 Å². The summed E-state index contributed by atoms with van der Waals surface area (Å²) >= 11 is 0. The molecule has 1 aliphatic heterocycles. The summed E-state index contributed by atoms with van der Waals surface area (Å²) in [6.07, 6.45) is -2.79. The van der Waals surface area contributed by atoms with Crippen LogP contribution in [-0.2, 0) is 17.5 Å². The third-order valence-electron chi connectivity index (χ3n) is 4.30. The molecule has 1 heterocycles. The zero-order valence-corrected chi connectivity index (χ0v) is 13.8. The van der Waals surface area contributed by atoms with E-state index in [9.17, 15) is 17.6 Å². The van der Waals surface area contributed by atoms with Crippen molar-refractivity contribution in [2.75, 3.05) is 32.8 Å². The largest absolute Gasteiger partial charge is 0.416 e. The Kier molecular flexibility index (Phi) is 7.01. The second kappa shape index (κ2) is 8.78. The maximum absolute atomic E-state index is 13.3. The number of ether oxygens (including phenoxy) is 1. The van der Waals surface area contributed by atoms with E-state index < -0.39 is 17.6 Å². The summed E-state index contributed by atoms with van der Waals surface area (Å²) in [7, 11) is 0. The summed E-state index contributed by atoms with van der Waals surface area (Å²) in [5.41, 5.74) is -0.781. The summed E-state index contributed by atoms with van der Waals surface area (Å²) in [5, 5.41) is 3.26. The standard InChI is InChI=1S/C17H24F4N2O/c1-2-24-10-9-23(15-5-7-22-8-6-15)12-13-3-4-14(18)11-16(13)17(19,20)21/h3-4,11,15,22H,2,5-10,12H2,1H3. The van der Waals surface area contributed by atoms with E-state index in [2.05, 4.69) is 5.32 Å². The first-order valence-electron chi connectivity index (χ1n) is 8.30. The average molecular weight is 348 g/mol. The van der Waals surface area contributed by atoms with Crippen LogP contribution in [0.25, 0.3) is 0 Å². The van der Waals surface area contributed by atoms with Crippen molar-refractivity contribution < 1.29 is 22.3 Å². The van der Waals surface area contributed by atoms with Gasteiger partial charge in [-0.2, -0.15) is 13.2 Å². The quantitative estimate of drug-likeness (QED) is 0.603. The van der Waals surface area contributed by atoms with Gasteiger partial charge >= 0.3 is 6.18 Å². The van der Waals surface area contributed by atoms with Gasteiger partial charge in [0.2, 0.25) is 0 Å². The highest BCUT2D eigenvalue weighted by atomic mass is 19.4. The molecule has 0 aliphatic carbocycles. The molecular weight excluding hydrogens is 324 g/mol. The van der Waals surface area contributed by atoms with Crippen LogP contribution in [0.1, 0.15) is 30.9 Å². The fourth-order valence-corrected chi connectivity index (χ4v) is 3.06. The van der Waals surface area contributed by atoms with Crippen molar-refractivity contribution in [2.24, 2.45) is 0 Å². The predicted octanol–water partition coefficient (Wildman–Crippen LogP) is 3.44. The third-order valence-corrected chi connectivity index (χ3v) is 4.30. The second-order valence-electron chi connectivity index (χ2n) is 5.95. The van der Waals surface area contributed by atoms with Gasteiger partial charge in [0.1, 0.15) is 5.82 Å². The number of hydrogen-bond acceptors (Lipinski definition) is 3. The Morgan fingerprint density at radius 1 is 1.25 bits per heavy atom. The molecule has 7 heteroatoms. The van der Waals surface area contributed by atoms with E-state index in [1.165, 1.54) is 6.07 Å². The molecule has 1 saturated heterocycles. The molecule has 24 heavy (non-hydrogen) atoms. The number of hydrogen-bond donors (Lipinski definition) is 1. The summed E-state index contributed by atoms with van der Waals surface area (Å²) in [4.78, 5) is 2.03. The monoisotopic (exact) mass is 348 g/mol. The first kappa shape index (κ1) is 19.1. The van der Waals surface area contributed by atoms with Crippen LogP contribution in [0.4, 0.5) is 17.6 Å². The lowest BCUT2D eigenvalue weighted by Gasteiger charge is -2.35. The van der Waals surface area contributed by atoms with Crippen LogP contribution in [0.3, 0.4) is 0 Å². The van der Waals surface area contributed by atoms with E-state index >= 15 is 0 Å². The maximum atomic E-state index is 13.3. The molecule has 0 spiro atoms. The van der Waals surface area contributed by atoms with E-state index in [1.54, 1.807) is 0 Å². The first-order valence-corrected chi connectivity index (χ1v) is 8.30. The SMILES string of the molecule is CCOCCN(Cc1ccc(F)cc1C(F)(F)F)C1CCNCC1. The van der Waals surface area contributed by atoms with Crippen molar-refractivity contribution in [3.63, 3.8) is 0 Å². The minimum Gasteiger partial charge on any atom is -0.380 e. The molecule has 1 fully saturated rings. The molecule has 0 amide bonds. The Balaban J connectivity index is 2.18. The van der Waals surface area contributed by atoms with Gasteiger partial charge in [-0.1, -0.05) is 6.07 Å². The van der Waals surface area contributed by atoms with Crippen LogP contribution in [0.15, 0.2) is 18.2 Å². The van der Waals surface area contributed by atoms with Gasteiger partial charge in [0.25, 0.3) is 0 Å². The normalized spacial score (nSPS) is 16.8. The summed E-state index contributed by atoms with van der Waals surface area (Å²) in [6.45, 7) is 5.35. The van der Waals surface area contributed by atoms with Crippen molar-refractivity contribution in [2.45, 2.75) is 38.5 Å². The van der Waals surface area contributed by atoms with E-state index in [-0.39, 0.29) is 18.2 Å². The lowest BCUT2D eigenvalue weighted by Crippen LogP contribution is -2.44. The molecular formula is C17H24F4N2O. The molecule has 0 unspecified atom stereocenters. The molecule has 0 atom stereocenters. The van der Waals surface area contributed by atoms with Crippen LogP contribution < -0.4 is 5.32 Å². The molecule has 1 N–H and O–H groups in total. The van der Waals surface area contributed by atoms with Crippen LogP contribution in [0.2, 0.25) is 0 Å². The Morgan fingerprint density at radius 3 is 2.58 bits per heavy atom.